The summed E-state index contributed by atoms with van der Waals surface area (Å²) in [7, 11) is -4.54. The van der Waals surface area contributed by atoms with Crippen LogP contribution < -0.4 is 4.52 Å². The molecular formula is C9H9O5P. The highest BCUT2D eigenvalue weighted by Crippen LogP contribution is 2.37. The van der Waals surface area contributed by atoms with Gasteiger partial charge in [-0.15, -0.1) is 0 Å². The predicted octanol–water partition coefficient (Wildman–Crippen LogP) is 1.53. The molecule has 2 N–H and O–H groups in total. The number of phosphoric acid groups is 1. The fourth-order valence-corrected chi connectivity index (χ4v) is 1.33. The van der Waals surface area contributed by atoms with E-state index in [0.717, 1.165) is 6.08 Å². The van der Waals surface area contributed by atoms with E-state index in [1.165, 1.54) is 24.3 Å². The average molecular weight is 228 g/mol. The molecule has 0 spiro atoms. The molecule has 0 fully saturated rings. The second-order valence-corrected chi connectivity index (χ2v) is 3.84. The van der Waals surface area contributed by atoms with Crippen molar-refractivity contribution in [3.05, 3.63) is 42.5 Å². The largest absolute Gasteiger partial charge is 0.524 e. The Labute approximate surface area is 86.2 Å². The van der Waals surface area contributed by atoms with E-state index in [4.69, 9.17) is 9.79 Å². The number of allylic oxidation sites excluding steroid dienone is 1. The van der Waals surface area contributed by atoms with Gasteiger partial charge in [-0.2, -0.15) is 0 Å². The van der Waals surface area contributed by atoms with E-state index >= 15 is 0 Å². The highest BCUT2D eigenvalue weighted by atomic mass is 31.2. The van der Waals surface area contributed by atoms with Gasteiger partial charge < -0.3 is 4.52 Å². The van der Waals surface area contributed by atoms with Crippen LogP contribution in [0.2, 0.25) is 0 Å². The molecule has 0 aliphatic heterocycles. The molecule has 0 unspecified atom stereocenters. The van der Waals surface area contributed by atoms with Crippen LogP contribution in [0.1, 0.15) is 10.4 Å². The number of hydrogen-bond donors (Lipinski definition) is 2. The molecule has 0 heterocycles. The predicted molar refractivity (Wildman–Crippen MR) is 53.6 cm³/mol. The molecular weight excluding hydrogens is 219 g/mol. The lowest BCUT2D eigenvalue weighted by atomic mass is 10.1. The molecule has 15 heavy (non-hydrogen) atoms. The Hall–Kier alpha value is -1.42. The summed E-state index contributed by atoms with van der Waals surface area (Å²) in [5.41, 5.74) is 0.378. The van der Waals surface area contributed by atoms with Crippen molar-refractivity contribution in [1.82, 2.24) is 0 Å². The summed E-state index contributed by atoms with van der Waals surface area (Å²) in [6, 6.07) is 5.40. The van der Waals surface area contributed by atoms with Crippen LogP contribution in [0.5, 0.6) is 5.75 Å². The molecule has 0 saturated carbocycles. The van der Waals surface area contributed by atoms with Crippen LogP contribution in [-0.4, -0.2) is 15.6 Å². The van der Waals surface area contributed by atoms with Gasteiger partial charge in [-0.3, -0.25) is 14.6 Å². The van der Waals surface area contributed by atoms with E-state index in [0.29, 0.717) is 5.56 Å². The summed E-state index contributed by atoms with van der Waals surface area (Å²) in [5, 5.41) is 0. The number of carbonyl (C=O) groups excluding carboxylic acids is 1. The van der Waals surface area contributed by atoms with Gasteiger partial charge in [0.05, 0.1) is 0 Å². The van der Waals surface area contributed by atoms with Crippen LogP contribution in [0.3, 0.4) is 0 Å². The number of benzene rings is 1. The number of carbonyl (C=O) groups is 1. The monoisotopic (exact) mass is 228 g/mol. The first-order valence-corrected chi connectivity index (χ1v) is 5.47. The Morgan fingerprint density at radius 1 is 1.33 bits per heavy atom. The van der Waals surface area contributed by atoms with Crippen molar-refractivity contribution in [2.24, 2.45) is 0 Å². The summed E-state index contributed by atoms with van der Waals surface area (Å²) in [4.78, 5) is 28.1. The third kappa shape index (κ3) is 3.67. The van der Waals surface area contributed by atoms with Gasteiger partial charge in [0.2, 0.25) is 0 Å². The number of rotatable bonds is 4. The van der Waals surface area contributed by atoms with Crippen molar-refractivity contribution in [2.75, 3.05) is 0 Å². The van der Waals surface area contributed by atoms with E-state index in [1.807, 2.05) is 0 Å². The minimum absolute atomic E-state index is 0.00365. The van der Waals surface area contributed by atoms with Gasteiger partial charge in [0.15, 0.2) is 5.78 Å². The van der Waals surface area contributed by atoms with Crippen molar-refractivity contribution < 1.29 is 23.7 Å². The Morgan fingerprint density at radius 2 is 1.87 bits per heavy atom. The van der Waals surface area contributed by atoms with Gasteiger partial charge in [-0.1, -0.05) is 6.58 Å². The van der Waals surface area contributed by atoms with Gasteiger partial charge in [-0.25, -0.2) is 4.57 Å². The highest BCUT2D eigenvalue weighted by molar-refractivity contribution is 7.46. The highest BCUT2D eigenvalue weighted by Gasteiger charge is 2.15. The lowest BCUT2D eigenvalue weighted by Gasteiger charge is -2.06. The number of phosphoric ester groups is 1. The summed E-state index contributed by atoms with van der Waals surface area (Å²) in [6.45, 7) is 3.31. The second-order valence-electron chi connectivity index (χ2n) is 2.67. The maximum atomic E-state index is 11.1. The molecule has 0 aliphatic carbocycles. The van der Waals surface area contributed by atoms with E-state index in [-0.39, 0.29) is 11.5 Å². The third-order valence-electron chi connectivity index (χ3n) is 1.55. The molecule has 1 aromatic carbocycles. The summed E-state index contributed by atoms with van der Waals surface area (Å²) < 4.78 is 14.8. The average Bonchev–Trinajstić information content (AvgIpc) is 2.15. The van der Waals surface area contributed by atoms with Gasteiger partial charge in [0.1, 0.15) is 5.75 Å². The van der Waals surface area contributed by atoms with Crippen LogP contribution in [0.25, 0.3) is 0 Å². The van der Waals surface area contributed by atoms with Gasteiger partial charge in [-0.05, 0) is 30.3 Å². The standard InChI is InChI=1S/C9H9O5P/c1-2-9(10)7-3-5-8(6-4-7)14-15(11,12)13/h2-6H,1H2,(H2,11,12,13). The molecule has 0 radical (unpaired) electrons. The van der Waals surface area contributed by atoms with E-state index < -0.39 is 7.82 Å². The first-order valence-electron chi connectivity index (χ1n) is 3.94. The smallest absolute Gasteiger partial charge is 0.404 e. The maximum absolute atomic E-state index is 11.1. The van der Waals surface area contributed by atoms with Gasteiger partial charge >= 0.3 is 7.82 Å². The normalized spacial score (nSPS) is 10.8. The molecule has 1 aromatic rings. The minimum atomic E-state index is -4.54. The van der Waals surface area contributed by atoms with Crippen molar-refractivity contribution in [1.29, 1.82) is 0 Å². The maximum Gasteiger partial charge on any atom is 0.524 e. The molecule has 0 atom stereocenters. The Balaban J connectivity index is 2.86. The van der Waals surface area contributed by atoms with Crippen molar-refractivity contribution in [2.45, 2.75) is 0 Å². The SMILES string of the molecule is C=CC(=O)c1ccc(OP(=O)(O)O)cc1. The molecule has 1 rings (SSSR count). The van der Waals surface area contributed by atoms with Gasteiger partial charge in [0, 0.05) is 5.56 Å². The van der Waals surface area contributed by atoms with Crippen LogP contribution in [-0.2, 0) is 4.57 Å². The van der Waals surface area contributed by atoms with E-state index in [2.05, 4.69) is 11.1 Å². The summed E-state index contributed by atoms with van der Waals surface area (Å²) in [6.07, 6.45) is 1.15. The number of ketones is 1. The summed E-state index contributed by atoms with van der Waals surface area (Å²) in [5.74, 6) is -0.262. The molecule has 0 bridgehead atoms. The molecule has 0 amide bonds. The van der Waals surface area contributed by atoms with Crippen molar-refractivity contribution in [3.8, 4) is 5.75 Å². The zero-order valence-electron chi connectivity index (χ0n) is 7.66. The fourth-order valence-electron chi connectivity index (χ4n) is 0.935. The molecule has 6 heteroatoms. The van der Waals surface area contributed by atoms with Crippen LogP contribution >= 0.6 is 7.82 Å². The van der Waals surface area contributed by atoms with Crippen LogP contribution in [0, 0.1) is 0 Å². The van der Waals surface area contributed by atoms with E-state index in [9.17, 15) is 9.36 Å². The second kappa shape index (κ2) is 4.40. The zero-order valence-corrected chi connectivity index (χ0v) is 8.55. The fraction of sp³-hybridized carbons (Fsp3) is 0. The molecule has 0 aromatic heterocycles. The van der Waals surface area contributed by atoms with Gasteiger partial charge in [0.25, 0.3) is 0 Å². The quantitative estimate of drug-likeness (QED) is 0.463. The molecule has 80 valence electrons. The topological polar surface area (TPSA) is 83.8 Å². The first-order chi connectivity index (χ1) is 6.92. The van der Waals surface area contributed by atoms with Crippen molar-refractivity contribution in [3.63, 3.8) is 0 Å². The zero-order chi connectivity index (χ0) is 11.5. The Kier molecular flexibility index (Phi) is 3.42. The molecule has 0 saturated heterocycles. The minimum Gasteiger partial charge on any atom is -0.404 e. The van der Waals surface area contributed by atoms with Crippen LogP contribution in [0.15, 0.2) is 36.9 Å². The number of hydrogen-bond acceptors (Lipinski definition) is 3. The first kappa shape index (κ1) is 11.7. The third-order valence-corrected chi connectivity index (χ3v) is 2.00. The molecule has 5 nitrogen and oxygen atoms in total. The van der Waals surface area contributed by atoms with Crippen molar-refractivity contribution >= 4 is 13.6 Å². The lowest BCUT2D eigenvalue weighted by Crippen LogP contribution is -1.94. The lowest BCUT2D eigenvalue weighted by molar-refractivity contribution is 0.104. The van der Waals surface area contributed by atoms with E-state index in [1.54, 1.807) is 0 Å². The summed E-state index contributed by atoms with van der Waals surface area (Å²) >= 11 is 0. The Bertz CT molecular complexity index is 417. The Morgan fingerprint density at radius 3 is 2.27 bits per heavy atom. The molecule has 0 aliphatic rings. The van der Waals surface area contributed by atoms with Crippen LogP contribution in [0.4, 0.5) is 0 Å².